The fourth-order valence-corrected chi connectivity index (χ4v) is 3.14. The molecule has 0 aliphatic carbocycles. The largest absolute Gasteiger partial charge is 0.337 e. The highest BCUT2D eigenvalue weighted by Crippen LogP contribution is 2.24. The molecule has 1 fully saturated rings. The summed E-state index contributed by atoms with van der Waals surface area (Å²) in [6.45, 7) is 7.19. The standard InChI is InChI=1S/C16H25N7O/c1-5-22-8-9-23(11-13(22)15-17-6-7-20(15)3)16(24)18-14-10-12(2)21(4)19-14/h6-7,10,13H,5,8-9,11H2,1-4H3,(H,18,19,24)/t13-/m1/s1. The number of piperazine rings is 1. The van der Waals surface area contributed by atoms with Gasteiger partial charge < -0.3 is 9.47 Å². The molecule has 0 bridgehead atoms. The van der Waals surface area contributed by atoms with Crippen LogP contribution in [0.4, 0.5) is 10.6 Å². The number of aromatic nitrogens is 4. The van der Waals surface area contributed by atoms with Gasteiger partial charge in [-0.15, -0.1) is 0 Å². The van der Waals surface area contributed by atoms with E-state index in [1.165, 1.54) is 0 Å². The number of imidazole rings is 1. The Kier molecular flexibility index (Phi) is 4.57. The van der Waals surface area contributed by atoms with Crippen molar-refractivity contribution >= 4 is 11.8 Å². The lowest BCUT2D eigenvalue weighted by molar-refractivity contribution is 0.0926. The molecule has 0 saturated carbocycles. The second-order valence-electron chi connectivity index (χ2n) is 6.21. The van der Waals surface area contributed by atoms with Crippen molar-refractivity contribution in [1.82, 2.24) is 29.1 Å². The molecule has 1 atom stereocenters. The van der Waals surface area contributed by atoms with Crippen LogP contribution in [0.3, 0.4) is 0 Å². The summed E-state index contributed by atoms with van der Waals surface area (Å²) in [5, 5.41) is 7.19. The summed E-state index contributed by atoms with van der Waals surface area (Å²) in [4.78, 5) is 21.3. The van der Waals surface area contributed by atoms with Crippen LogP contribution in [0, 0.1) is 6.92 Å². The Morgan fingerprint density at radius 2 is 2.17 bits per heavy atom. The van der Waals surface area contributed by atoms with E-state index in [0.717, 1.165) is 24.6 Å². The van der Waals surface area contributed by atoms with Crippen molar-refractivity contribution in [3.8, 4) is 0 Å². The number of nitrogens with one attached hydrogen (secondary N) is 1. The Morgan fingerprint density at radius 1 is 1.38 bits per heavy atom. The molecule has 2 amide bonds. The van der Waals surface area contributed by atoms with Crippen LogP contribution in [-0.4, -0.2) is 61.3 Å². The molecule has 0 aromatic carbocycles. The molecule has 3 heterocycles. The predicted molar refractivity (Wildman–Crippen MR) is 91.7 cm³/mol. The number of carbonyl (C=O) groups excluding carboxylic acids is 1. The maximum absolute atomic E-state index is 12.6. The van der Waals surface area contributed by atoms with Gasteiger partial charge in [0.05, 0.1) is 6.04 Å². The summed E-state index contributed by atoms with van der Waals surface area (Å²) in [6.07, 6.45) is 3.75. The second kappa shape index (κ2) is 6.64. The lowest BCUT2D eigenvalue weighted by Crippen LogP contribution is -2.52. The highest BCUT2D eigenvalue weighted by Gasteiger charge is 2.32. The third kappa shape index (κ3) is 3.14. The number of nitrogens with zero attached hydrogens (tertiary/aromatic N) is 6. The fourth-order valence-electron chi connectivity index (χ4n) is 3.14. The molecule has 130 valence electrons. The Bertz CT molecular complexity index is 700. The van der Waals surface area contributed by atoms with Gasteiger partial charge in [-0.25, -0.2) is 9.78 Å². The molecule has 1 aliphatic rings. The van der Waals surface area contributed by atoms with Crippen LogP contribution >= 0.6 is 0 Å². The van der Waals surface area contributed by atoms with Gasteiger partial charge in [0.15, 0.2) is 5.82 Å². The Hall–Kier alpha value is -2.35. The molecule has 24 heavy (non-hydrogen) atoms. The quantitative estimate of drug-likeness (QED) is 0.922. The predicted octanol–water partition coefficient (Wildman–Crippen LogP) is 1.37. The molecule has 2 aromatic heterocycles. The van der Waals surface area contributed by atoms with Gasteiger partial charge in [-0.1, -0.05) is 6.92 Å². The van der Waals surface area contributed by atoms with E-state index in [4.69, 9.17) is 0 Å². The van der Waals surface area contributed by atoms with Crippen LogP contribution in [0.15, 0.2) is 18.5 Å². The number of hydrogen-bond acceptors (Lipinski definition) is 4. The first-order chi connectivity index (χ1) is 11.5. The molecule has 1 saturated heterocycles. The monoisotopic (exact) mass is 331 g/mol. The molecule has 2 aromatic rings. The molecular weight excluding hydrogens is 306 g/mol. The fraction of sp³-hybridized carbons (Fsp3) is 0.562. The van der Waals surface area contributed by atoms with Crippen molar-refractivity contribution in [3.05, 3.63) is 30.0 Å². The molecular formula is C16H25N7O. The summed E-state index contributed by atoms with van der Waals surface area (Å²) in [6, 6.07) is 1.87. The van der Waals surface area contributed by atoms with Gasteiger partial charge in [-0.2, -0.15) is 5.10 Å². The molecule has 8 nitrogen and oxygen atoms in total. The highest BCUT2D eigenvalue weighted by atomic mass is 16.2. The van der Waals surface area contributed by atoms with Crippen LogP contribution in [0.2, 0.25) is 0 Å². The van der Waals surface area contributed by atoms with Crippen LogP contribution in [0.25, 0.3) is 0 Å². The van der Waals surface area contributed by atoms with E-state index in [2.05, 4.69) is 27.2 Å². The van der Waals surface area contributed by atoms with Crippen molar-refractivity contribution in [2.75, 3.05) is 31.5 Å². The molecule has 1 N–H and O–H groups in total. The van der Waals surface area contributed by atoms with Crippen molar-refractivity contribution < 1.29 is 4.79 Å². The van der Waals surface area contributed by atoms with Crippen LogP contribution < -0.4 is 5.32 Å². The van der Waals surface area contributed by atoms with Crippen LogP contribution in [0.5, 0.6) is 0 Å². The van der Waals surface area contributed by atoms with Crippen molar-refractivity contribution in [2.24, 2.45) is 14.1 Å². The van der Waals surface area contributed by atoms with Crippen LogP contribution in [0.1, 0.15) is 24.5 Å². The smallest absolute Gasteiger partial charge is 0.323 e. The number of carbonyl (C=O) groups is 1. The summed E-state index contributed by atoms with van der Waals surface area (Å²) in [7, 11) is 3.86. The summed E-state index contributed by atoms with van der Waals surface area (Å²) in [5.74, 6) is 1.58. The zero-order valence-electron chi connectivity index (χ0n) is 14.7. The van der Waals surface area contributed by atoms with E-state index in [9.17, 15) is 4.79 Å². The number of aryl methyl sites for hydroxylation is 3. The maximum atomic E-state index is 12.6. The minimum atomic E-state index is -0.108. The van der Waals surface area contributed by atoms with Gasteiger partial charge in [0.25, 0.3) is 0 Å². The third-order valence-electron chi connectivity index (χ3n) is 4.69. The number of anilines is 1. The number of likely N-dealkylation sites (N-methyl/N-ethyl adjacent to an activating group) is 1. The van der Waals surface area contributed by atoms with E-state index in [0.29, 0.717) is 18.9 Å². The minimum Gasteiger partial charge on any atom is -0.337 e. The average molecular weight is 331 g/mol. The van der Waals surface area contributed by atoms with Gasteiger partial charge in [0.1, 0.15) is 5.82 Å². The molecule has 0 unspecified atom stereocenters. The molecule has 3 rings (SSSR count). The van der Waals surface area contributed by atoms with Gasteiger partial charge in [-0.3, -0.25) is 14.9 Å². The third-order valence-corrected chi connectivity index (χ3v) is 4.69. The van der Waals surface area contributed by atoms with Gasteiger partial charge in [0.2, 0.25) is 0 Å². The Labute approximate surface area is 142 Å². The highest BCUT2D eigenvalue weighted by molar-refractivity contribution is 5.88. The Morgan fingerprint density at radius 3 is 2.75 bits per heavy atom. The van der Waals surface area contributed by atoms with Gasteiger partial charge in [-0.05, 0) is 13.5 Å². The van der Waals surface area contributed by atoms with Gasteiger partial charge >= 0.3 is 6.03 Å². The number of amides is 2. The number of hydrogen-bond donors (Lipinski definition) is 1. The first-order valence-corrected chi connectivity index (χ1v) is 8.27. The first kappa shape index (κ1) is 16.5. The summed E-state index contributed by atoms with van der Waals surface area (Å²) < 4.78 is 3.78. The minimum absolute atomic E-state index is 0.108. The first-order valence-electron chi connectivity index (χ1n) is 8.27. The van der Waals surface area contributed by atoms with E-state index in [1.54, 1.807) is 10.9 Å². The number of rotatable bonds is 3. The lowest BCUT2D eigenvalue weighted by atomic mass is 10.1. The summed E-state index contributed by atoms with van der Waals surface area (Å²) in [5.41, 5.74) is 1.01. The van der Waals surface area contributed by atoms with Crippen LogP contribution in [-0.2, 0) is 14.1 Å². The van der Waals surface area contributed by atoms with E-state index < -0.39 is 0 Å². The Balaban J connectivity index is 1.72. The normalized spacial score (nSPS) is 18.8. The molecule has 0 radical (unpaired) electrons. The lowest BCUT2D eigenvalue weighted by Gasteiger charge is -2.40. The van der Waals surface area contributed by atoms with Crippen molar-refractivity contribution in [3.63, 3.8) is 0 Å². The molecule has 0 spiro atoms. The van der Waals surface area contributed by atoms with E-state index in [-0.39, 0.29) is 12.1 Å². The van der Waals surface area contributed by atoms with E-state index >= 15 is 0 Å². The zero-order valence-corrected chi connectivity index (χ0v) is 14.7. The zero-order chi connectivity index (χ0) is 17.3. The van der Waals surface area contributed by atoms with Crippen molar-refractivity contribution in [2.45, 2.75) is 19.9 Å². The molecule has 1 aliphatic heterocycles. The number of urea groups is 1. The molecule has 8 heteroatoms. The maximum Gasteiger partial charge on any atom is 0.323 e. The summed E-state index contributed by atoms with van der Waals surface area (Å²) >= 11 is 0. The van der Waals surface area contributed by atoms with Crippen molar-refractivity contribution in [1.29, 1.82) is 0 Å². The van der Waals surface area contributed by atoms with E-state index in [1.807, 2.05) is 42.7 Å². The van der Waals surface area contributed by atoms with Gasteiger partial charge in [0, 0.05) is 57.9 Å². The topological polar surface area (TPSA) is 71.2 Å². The average Bonchev–Trinajstić information content (AvgIpc) is 3.12. The SMILES string of the molecule is CCN1CCN(C(=O)Nc2cc(C)n(C)n2)C[C@@H]1c1nccn1C. The second-order valence-corrected chi connectivity index (χ2v) is 6.21.